The van der Waals surface area contributed by atoms with E-state index in [-0.39, 0.29) is 0 Å². The van der Waals surface area contributed by atoms with E-state index >= 15 is 0 Å². The fraction of sp³-hybridized carbons (Fsp3) is 0. The van der Waals surface area contributed by atoms with Crippen LogP contribution in [0.5, 0.6) is 0 Å². The molecule has 0 aromatic rings. The van der Waals surface area contributed by atoms with Gasteiger partial charge in [0.25, 0.3) is 0 Å². The molecule has 0 amide bonds. The Balaban J connectivity index is 6.81. The maximum Gasteiger partial charge on any atom is -0.0000000000472 e. The minimum Gasteiger partial charge on any atom is -0.687 e. The molecule has 0 rings (SSSR count). The molecule has 0 fully saturated rings. The second kappa shape index (κ2) is 13.4. The zero-order valence-electron chi connectivity index (χ0n) is 16.2. The Labute approximate surface area is 198 Å². The van der Waals surface area contributed by atoms with Crippen LogP contribution in [0.25, 0.3) is 0 Å². The highest BCUT2D eigenvalue weighted by Gasteiger charge is 2.50. The summed E-state index contributed by atoms with van der Waals surface area (Å²) in [5, 5.41) is 0. The molecule has 28 heavy (non-hydrogen) atoms. The van der Waals surface area contributed by atoms with Crippen molar-refractivity contribution < 1.29 is 0 Å². The first-order valence-electron chi connectivity index (χ1n) is 9.00. The summed E-state index contributed by atoms with van der Waals surface area (Å²) in [6, 6.07) is 0. The maximum atomic E-state index is 6.32. The summed E-state index contributed by atoms with van der Waals surface area (Å²) < 4.78 is 0. The van der Waals surface area contributed by atoms with Gasteiger partial charge in [-0.25, -0.2) is 6.39 Å². The smallest absolute Gasteiger partial charge is 0.0000000000472 e. The molecule has 0 spiro atoms. The molecule has 0 nitrogen and oxygen atoms in total. The molecule has 31 radical (unpaired) electrons. The molecule has 0 saturated carbocycles. The van der Waals surface area contributed by atoms with Crippen molar-refractivity contribution in [2.75, 3.05) is 0 Å². The van der Waals surface area contributed by atoms with E-state index in [2.05, 4.69) is 0 Å². The third kappa shape index (κ3) is 8.06. The predicted molar refractivity (Wildman–Crippen MR) is 161 cm³/mol. The third-order valence-corrected chi connectivity index (χ3v) is 5.33. The molecule has 0 saturated heterocycles. The van der Waals surface area contributed by atoms with Crippen molar-refractivity contribution in [2.24, 2.45) is 0 Å². The zero-order chi connectivity index (χ0) is 22.5. The number of hydrogen-bond donors (Lipinski definition) is 0. The Bertz CT molecular complexity index is 354. The van der Waals surface area contributed by atoms with Gasteiger partial charge >= 0.3 is 0 Å². The second-order valence-electron chi connectivity index (χ2n) is 7.51. The molecular weight excluding hydrogens is 303 g/mol. The van der Waals surface area contributed by atoms with Crippen molar-refractivity contribution >= 4 is 199 Å². The molecule has 0 aliphatic rings. The van der Waals surface area contributed by atoms with E-state index < -0.39 is 83.0 Å². The molecule has 0 bridgehead atoms. The molecule has 0 aliphatic carbocycles. The van der Waals surface area contributed by atoms with Crippen LogP contribution < -0.4 is 0 Å². The Morgan fingerprint density at radius 2 is 0.536 bits per heavy atom. The van der Waals surface area contributed by atoms with Crippen LogP contribution in [0, 0.1) is 0 Å². The summed E-state index contributed by atoms with van der Waals surface area (Å²) >= 11 is 0. The highest BCUT2D eigenvalue weighted by Crippen LogP contribution is 2.12. The standard InChI is InChI=1S/B28/c1-16(2)23(15)27(24(17(3)4)18(5)6)28(25(19(7)8)20(9)10)26(21(11)12)22(13)14/q-1. The van der Waals surface area contributed by atoms with Crippen LogP contribution >= 0.6 is 0 Å². The first-order valence-corrected chi connectivity index (χ1v) is 9.00. The first kappa shape index (κ1) is 29.8. The topological polar surface area (TPSA) is 0 Å². The maximum absolute atomic E-state index is 6.32. The zero-order valence-corrected chi connectivity index (χ0v) is 16.2. The van der Waals surface area contributed by atoms with E-state index in [1.165, 1.54) is 0 Å². The number of hydrogen-bond acceptors (Lipinski definition) is 0. The van der Waals surface area contributed by atoms with Crippen molar-refractivity contribution in [1.82, 2.24) is 0 Å². The van der Waals surface area contributed by atoms with Crippen LogP contribution in [0.3, 0.4) is 0 Å². The van der Waals surface area contributed by atoms with Gasteiger partial charge in [-0.3, -0.25) is 0 Å². The van der Waals surface area contributed by atoms with Gasteiger partial charge in [0.05, 0.1) is 0 Å². The molecule has 0 aliphatic heterocycles. The van der Waals surface area contributed by atoms with Gasteiger partial charge in [-0.15, -0.1) is 0 Å². The summed E-state index contributed by atoms with van der Waals surface area (Å²) in [6.45, 7) is 0. The van der Waals surface area contributed by atoms with Crippen LogP contribution in [0.15, 0.2) is 0 Å². The first-order chi connectivity index (χ1) is 12.7. The molecule has 0 N–H and O–H groups in total. The van der Waals surface area contributed by atoms with E-state index in [4.69, 9.17) is 116 Å². The lowest BCUT2D eigenvalue weighted by atomic mass is 8.32. The van der Waals surface area contributed by atoms with E-state index in [1.54, 1.807) is 0 Å². The van der Waals surface area contributed by atoms with Gasteiger partial charge < -0.3 is 7.74 Å². The van der Waals surface area contributed by atoms with Crippen LogP contribution in [0.2, 0.25) is 0 Å². The van der Waals surface area contributed by atoms with Gasteiger partial charge in [-0.1, -0.05) is 0 Å². The fourth-order valence-electron chi connectivity index (χ4n) is 4.11. The summed E-state index contributed by atoms with van der Waals surface area (Å²) in [6.07, 6.45) is -12.2. The average Bonchev–Trinajstić information content (AvgIpc) is 2.48. The van der Waals surface area contributed by atoms with Gasteiger partial charge in [-0.05, 0) is 185 Å². The molecule has 28 heteroatoms. The summed E-state index contributed by atoms with van der Waals surface area (Å²) in [5.41, 5.74) is 0. The quantitative estimate of drug-likeness (QED) is 0.314. The Morgan fingerprint density at radius 3 is 0.714 bits per heavy atom. The minimum absolute atomic E-state index is 0.807. The van der Waals surface area contributed by atoms with Gasteiger partial charge in [0, 0.05) is 0 Å². The Morgan fingerprint density at radius 1 is 0.321 bits per heavy atom. The van der Waals surface area contributed by atoms with Crippen molar-refractivity contribution in [3.63, 3.8) is 0 Å². The van der Waals surface area contributed by atoms with Crippen molar-refractivity contribution in [1.29, 1.82) is 0 Å². The van der Waals surface area contributed by atoms with Crippen molar-refractivity contribution in [3.8, 4) is 0 Å². The van der Waals surface area contributed by atoms with Gasteiger partial charge in [0.15, 0.2) is 0 Å². The molecule has 85 valence electrons. The van der Waals surface area contributed by atoms with E-state index in [0.717, 1.165) is 0 Å². The van der Waals surface area contributed by atoms with Crippen molar-refractivity contribution in [2.45, 2.75) is 0 Å². The van der Waals surface area contributed by atoms with Crippen LogP contribution in [0.4, 0.5) is 0 Å². The molecule has 0 unspecified atom stereocenters. The average molecular weight is 303 g/mol. The summed E-state index contributed by atoms with van der Waals surface area (Å²) in [5.74, 6) is 0. The SMILES string of the molecule is [B]B([B])B(B([B])[B])B(B([B])B([B])[B-])B(B(B([B])[B])B([B])[B])B(B([B])[B])B([B])[B]. The summed E-state index contributed by atoms with van der Waals surface area (Å²) in [4.78, 5) is 0. The van der Waals surface area contributed by atoms with Gasteiger partial charge in [-0.2, -0.15) is 0 Å². The Kier molecular flexibility index (Phi) is 14.3. The van der Waals surface area contributed by atoms with Crippen LogP contribution in [-0.2, 0) is 0 Å². The molecular formula is B28-. The molecule has 0 heterocycles. The van der Waals surface area contributed by atoms with Crippen molar-refractivity contribution in [3.05, 3.63) is 0 Å². The highest BCUT2D eigenvalue weighted by atomic mass is 13.3. The van der Waals surface area contributed by atoms with Crippen LogP contribution in [-0.4, -0.2) is 199 Å². The van der Waals surface area contributed by atoms with Crippen LogP contribution in [0.1, 0.15) is 0 Å². The lowest BCUT2D eigenvalue weighted by Crippen LogP contribution is -2.87. The number of rotatable bonds is 12. The normalized spacial score (nSPS) is 9.46. The summed E-state index contributed by atoms with van der Waals surface area (Å²) in [7, 11) is 89.6. The van der Waals surface area contributed by atoms with Gasteiger partial charge in [0.1, 0.15) is 0 Å². The molecule has 0 atom stereocenters. The lowest BCUT2D eigenvalue weighted by molar-refractivity contribution is 3.27. The van der Waals surface area contributed by atoms with E-state index in [1.807, 2.05) is 0 Å². The molecule has 0 aromatic carbocycles. The monoisotopic (exact) mass is 308 g/mol. The lowest BCUT2D eigenvalue weighted by Gasteiger charge is -2.50. The van der Waals surface area contributed by atoms with E-state index in [9.17, 15) is 0 Å². The second-order valence-corrected chi connectivity index (χ2v) is 7.51. The predicted octanol–water partition coefficient (Wildman–Crippen LogP) is -10.7. The largest absolute Gasteiger partial charge is 0.687 e. The van der Waals surface area contributed by atoms with E-state index in [0.29, 0.717) is 0 Å². The molecule has 0 aromatic heterocycles. The highest BCUT2D eigenvalue weighted by molar-refractivity contribution is 8.26. The fourth-order valence-corrected chi connectivity index (χ4v) is 4.11. The minimum atomic E-state index is -1.03. The van der Waals surface area contributed by atoms with Gasteiger partial charge in [0.2, 0.25) is 0 Å². The Hall–Kier alpha value is 1.82. The third-order valence-electron chi connectivity index (χ3n) is 5.33.